The minimum Gasteiger partial charge on any atom is -0.497 e. The van der Waals surface area contributed by atoms with Crippen LogP contribution in [0.2, 0.25) is 0 Å². The van der Waals surface area contributed by atoms with Gasteiger partial charge in [-0.1, -0.05) is 36.4 Å². The fourth-order valence-electron chi connectivity index (χ4n) is 4.25. The second-order valence-corrected chi connectivity index (χ2v) is 8.02. The van der Waals surface area contributed by atoms with E-state index < -0.39 is 0 Å². The van der Waals surface area contributed by atoms with Gasteiger partial charge in [0.05, 0.1) is 32.5 Å². The smallest absolute Gasteiger partial charge is 0.270 e. The monoisotopic (exact) mass is 467 g/mol. The maximum atomic E-state index is 13.2. The van der Waals surface area contributed by atoms with Crippen LogP contribution >= 0.6 is 0 Å². The average Bonchev–Trinajstić information content (AvgIpc) is 3.29. The van der Waals surface area contributed by atoms with Gasteiger partial charge in [-0.05, 0) is 42.0 Å². The van der Waals surface area contributed by atoms with E-state index in [1.54, 1.807) is 21.3 Å². The van der Waals surface area contributed by atoms with E-state index in [0.717, 1.165) is 38.7 Å². The van der Waals surface area contributed by atoms with Crippen LogP contribution in [0, 0.1) is 0 Å². The van der Waals surface area contributed by atoms with Gasteiger partial charge in [-0.2, -0.15) is 0 Å². The summed E-state index contributed by atoms with van der Waals surface area (Å²) < 4.78 is 16.4. The number of nitrogens with zero attached hydrogens (tertiary/aromatic N) is 1. The molecule has 0 radical (unpaired) electrons. The zero-order valence-corrected chi connectivity index (χ0v) is 19.7. The van der Waals surface area contributed by atoms with Crippen molar-refractivity contribution in [3.05, 3.63) is 84.1 Å². The van der Waals surface area contributed by atoms with Crippen molar-refractivity contribution in [2.24, 2.45) is 0 Å². The second kappa shape index (κ2) is 9.38. The van der Waals surface area contributed by atoms with Crippen molar-refractivity contribution < 1.29 is 19.0 Å². The predicted molar refractivity (Wildman–Crippen MR) is 136 cm³/mol. The highest BCUT2D eigenvalue weighted by atomic mass is 16.5. The van der Waals surface area contributed by atoms with Crippen molar-refractivity contribution in [1.29, 1.82) is 0 Å². The Morgan fingerprint density at radius 1 is 0.886 bits per heavy atom. The minimum atomic E-state index is -0.267. The summed E-state index contributed by atoms with van der Waals surface area (Å²) in [6, 6.07) is 23.0. The number of aromatic amines is 1. The molecular formula is C28H25N3O4. The highest BCUT2D eigenvalue weighted by molar-refractivity contribution is 6.13. The summed E-state index contributed by atoms with van der Waals surface area (Å²) in [5.74, 6) is 1.64. The maximum Gasteiger partial charge on any atom is 0.270 e. The number of methoxy groups -OCH3 is 3. The molecule has 0 bridgehead atoms. The van der Waals surface area contributed by atoms with E-state index in [-0.39, 0.29) is 5.91 Å². The van der Waals surface area contributed by atoms with Crippen molar-refractivity contribution in [2.45, 2.75) is 6.54 Å². The number of amides is 1. The molecule has 1 amide bonds. The number of hydrogen-bond acceptors (Lipinski definition) is 5. The fourth-order valence-corrected chi connectivity index (χ4v) is 4.25. The summed E-state index contributed by atoms with van der Waals surface area (Å²) in [4.78, 5) is 21.5. The quantitative estimate of drug-likeness (QED) is 0.338. The van der Waals surface area contributed by atoms with Gasteiger partial charge in [-0.15, -0.1) is 0 Å². The van der Waals surface area contributed by atoms with E-state index in [1.165, 1.54) is 0 Å². The third-order valence-corrected chi connectivity index (χ3v) is 6.00. The Morgan fingerprint density at radius 3 is 2.43 bits per heavy atom. The molecule has 0 fully saturated rings. The molecule has 0 saturated carbocycles. The fraction of sp³-hybridized carbons (Fsp3) is 0.143. The van der Waals surface area contributed by atoms with E-state index >= 15 is 0 Å². The van der Waals surface area contributed by atoms with Crippen LogP contribution in [0.25, 0.3) is 33.1 Å². The number of pyridine rings is 1. The van der Waals surface area contributed by atoms with Crippen LogP contribution in [-0.2, 0) is 6.54 Å². The van der Waals surface area contributed by atoms with Gasteiger partial charge in [0.2, 0.25) is 0 Å². The first-order valence-electron chi connectivity index (χ1n) is 11.2. The molecule has 0 saturated heterocycles. The second-order valence-electron chi connectivity index (χ2n) is 8.02. The first-order chi connectivity index (χ1) is 17.1. The molecule has 35 heavy (non-hydrogen) atoms. The third kappa shape index (κ3) is 4.12. The number of para-hydroxylation sites is 2. The molecule has 7 nitrogen and oxygen atoms in total. The summed E-state index contributed by atoms with van der Waals surface area (Å²) in [6.07, 6.45) is 0. The van der Waals surface area contributed by atoms with E-state index in [2.05, 4.69) is 10.3 Å². The van der Waals surface area contributed by atoms with Crippen molar-refractivity contribution in [1.82, 2.24) is 15.3 Å². The summed E-state index contributed by atoms with van der Waals surface area (Å²) in [7, 11) is 4.81. The van der Waals surface area contributed by atoms with E-state index in [0.29, 0.717) is 29.4 Å². The topological polar surface area (TPSA) is 85.5 Å². The summed E-state index contributed by atoms with van der Waals surface area (Å²) >= 11 is 0. The SMILES string of the molecule is COc1ccc(CNC(=O)c2cc3c([nH]c4ccccc43)c(-c3cccc(OC)c3OC)n2)cc1. The lowest BCUT2D eigenvalue weighted by Crippen LogP contribution is -2.24. The Morgan fingerprint density at radius 2 is 1.69 bits per heavy atom. The van der Waals surface area contributed by atoms with Gasteiger partial charge in [0.15, 0.2) is 11.5 Å². The number of hydrogen-bond donors (Lipinski definition) is 2. The molecule has 3 aromatic carbocycles. The van der Waals surface area contributed by atoms with Gasteiger partial charge < -0.3 is 24.5 Å². The van der Waals surface area contributed by atoms with E-state index in [4.69, 9.17) is 19.2 Å². The first-order valence-corrected chi connectivity index (χ1v) is 11.2. The van der Waals surface area contributed by atoms with Crippen molar-refractivity contribution in [3.8, 4) is 28.5 Å². The van der Waals surface area contributed by atoms with Gasteiger partial charge in [0.1, 0.15) is 11.4 Å². The molecule has 0 unspecified atom stereocenters. The number of carbonyl (C=O) groups excluding carboxylic acids is 1. The van der Waals surface area contributed by atoms with Crippen molar-refractivity contribution >= 4 is 27.7 Å². The Labute approximate surface area is 202 Å². The molecule has 0 spiro atoms. The molecule has 176 valence electrons. The third-order valence-electron chi connectivity index (χ3n) is 6.00. The standard InChI is InChI=1S/C28H25N3O4/c1-33-18-13-11-17(12-14-18)16-29-28(32)23-15-21-19-7-4-5-9-22(19)30-26(21)25(31-23)20-8-6-10-24(34-2)27(20)35-3/h4-15,30H,16H2,1-3H3,(H,29,32). The summed E-state index contributed by atoms with van der Waals surface area (Å²) in [5, 5.41) is 4.90. The zero-order chi connectivity index (χ0) is 24.4. The highest BCUT2D eigenvalue weighted by Gasteiger charge is 2.21. The summed E-state index contributed by atoms with van der Waals surface area (Å²) in [6.45, 7) is 0.369. The largest absolute Gasteiger partial charge is 0.497 e. The Balaban J connectivity index is 1.61. The Bertz CT molecular complexity index is 1520. The number of ether oxygens (including phenoxy) is 3. The van der Waals surface area contributed by atoms with Gasteiger partial charge in [0.25, 0.3) is 5.91 Å². The summed E-state index contributed by atoms with van der Waals surface area (Å²) in [5.41, 5.74) is 4.41. The van der Waals surface area contributed by atoms with Gasteiger partial charge in [-0.3, -0.25) is 4.79 Å². The van der Waals surface area contributed by atoms with E-state index in [1.807, 2.05) is 72.8 Å². The van der Waals surface area contributed by atoms with E-state index in [9.17, 15) is 4.79 Å². The van der Waals surface area contributed by atoms with Gasteiger partial charge in [-0.25, -0.2) is 4.98 Å². The molecular weight excluding hydrogens is 442 g/mol. The minimum absolute atomic E-state index is 0.267. The van der Waals surface area contributed by atoms with Crippen LogP contribution < -0.4 is 19.5 Å². The molecule has 0 aliphatic heterocycles. The number of H-pyrrole nitrogens is 1. The van der Waals surface area contributed by atoms with Gasteiger partial charge in [0, 0.05) is 28.4 Å². The van der Waals surface area contributed by atoms with Crippen LogP contribution in [-0.4, -0.2) is 37.2 Å². The normalized spacial score (nSPS) is 10.9. The lowest BCUT2D eigenvalue weighted by molar-refractivity contribution is 0.0946. The number of rotatable bonds is 7. The molecule has 2 aromatic heterocycles. The van der Waals surface area contributed by atoms with Crippen LogP contribution in [0.4, 0.5) is 0 Å². The molecule has 2 N–H and O–H groups in total. The molecule has 5 aromatic rings. The van der Waals surface area contributed by atoms with Crippen LogP contribution in [0.3, 0.4) is 0 Å². The number of benzene rings is 3. The Kier molecular flexibility index (Phi) is 5.97. The molecule has 0 atom stereocenters. The first kappa shape index (κ1) is 22.3. The lowest BCUT2D eigenvalue weighted by atomic mass is 10.0. The predicted octanol–water partition coefficient (Wildman–Crippen LogP) is 5.34. The Hall–Kier alpha value is -4.52. The number of carbonyl (C=O) groups is 1. The molecule has 5 rings (SSSR count). The van der Waals surface area contributed by atoms with Crippen molar-refractivity contribution in [3.63, 3.8) is 0 Å². The molecule has 2 heterocycles. The molecule has 7 heteroatoms. The average molecular weight is 468 g/mol. The maximum absolute atomic E-state index is 13.2. The van der Waals surface area contributed by atoms with Crippen molar-refractivity contribution in [2.75, 3.05) is 21.3 Å². The van der Waals surface area contributed by atoms with Crippen LogP contribution in [0.1, 0.15) is 16.1 Å². The number of aromatic nitrogens is 2. The number of fused-ring (bicyclic) bond motifs is 3. The van der Waals surface area contributed by atoms with Crippen LogP contribution in [0.15, 0.2) is 72.8 Å². The number of nitrogens with one attached hydrogen (secondary N) is 2. The molecule has 0 aliphatic rings. The zero-order valence-electron chi connectivity index (χ0n) is 19.7. The highest BCUT2D eigenvalue weighted by Crippen LogP contribution is 2.41. The van der Waals surface area contributed by atoms with Gasteiger partial charge >= 0.3 is 0 Å². The lowest BCUT2D eigenvalue weighted by Gasteiger charge is -2.14. The van der Waals surface area contributed by atoms with Crippen LogP contribution in [0.5, 0.6) is 17.2 Å². The molecule has 0 aliphatic carbocycles.